The van der Waals surface area contributed by atoms with Crippen LogP contribution in [0.4, 0.5) is 5.69 Å². The summed E-state index contributed by atoms with van der Waals surface area (Å²) in [5.74, 6) is 0.797. The van der Waals surface area contributed by atoms with Crippen LogP contribution in [0.3, 0.4) is 0 Å². The molecule has 0 atom stereocenters. The van der Waals surface area contributed by atoms with Crippen molar-refractivity contribution >= 4 is 27.5 Å². The van der Waals surface area contributed by atoms with Crippen LogP contribution in [-0.4, -0.2) is 37.6 Å². The van der Waals surface area contributed by atoms with Crippen LogP contribution in [0.5, 0.6) is 5.75 Å². The third kappa shape index (κ3) is 6.42. The van der Waals surface area contributed by atoms with E-state index in [4.69, 9.17) is 4.74 Å². The number of nitrogens with zero attached hydrogens (tertiary/aromatic N) is 1. The van der Waals surface area contributed by atoms with Crippen molar-refractivity contribution in [1.29, 1.82) is 0 Å². The number of halogens is 1. The molecule has 0 aliphatic heterocycles. The third-order valence-electron chi connectivity index (χ3n) is 3.30. The molecule has 2 aromatic rings. The first kappa shape index (κ1) is 17.5. The van der Waals surface area contributed by atoms with Gasteiger partial charge in [0.15, 0.2) is 0 Å². The van der Waals surface area contributed by atoms with Crippen LogP contribution in [0.15, 0.2) is 53.0 Å². The van der Waals surface area contributed by atoms with Crippen molar-refractivity contribution in [1.82, 2.24) is 4.90 Å². The Kier molecular flexibility index (Phi) is 6.62. The third-order valence-corrected chi connectivity index (χ3v) is 3.83. The number of ether oxygens (including phenoxy) is 1. The van der Waals surface area contributed by atoms with Gasteiger partial charge in [0.2, 0.25) is 5.91 Å². The van der Waals surface area contributed by atoms with Gasteiger partial charge in [0.05, 0.1) is 6.54 Å². The van der Waals surface area contributed by atoms with Gasteiger partial charge >= 0.3 is 0 Å². The first-order valence-electron chi connectivity index (χ1n) is 7.46. The van der Waals surface area contributed by atoms with Crippen LogP contribution in [0.25, 0.3) is 0 Å². The van der Waals surface area contributed by atoms with Crippen molar-refractivity contribution in [2.75, 3.05) is 32.1 Å². The maximum Gasteiger partial charge on any atom is 0.238 e. The van der Waals surface area contributed by atoms with E-state index in [2.05, 4.69) is 21.2 Å². The average molecular weight is 377 g/mol. The molecule has 0 saturated heterocycles. The first-order valence-corrected chi connectivity index (χ1v) is 8.25. The van der Waals surface area contributed by atoms with Gasteiger partial charge in [-0.15, -0.1) is 0 Å². The number of carbonyl (C=O) groups is 1. The number of nitrogens with one attached hydrogen (secondary N) is 1. The Morgan fingerprint density at radius 2 is 1.78 bits per heavy atom. The Morgan fingerprint density at radius 1 is 1.13 bits per heavy atom. The lowest BCUT2D eigenvalue weighted by Gasteiger charge is -2.16. The Labute approximate surface area is 145 Å². The van der Waals surface area contributed by atoms with E-state index in [-0.39, 0.29) is 5.91 Å². The SMILES string of the molecule is Cc1ccc(NC(=O)CN(C)CCOc2ccc(Br)cc2)cc1. The number of rotatable bonds is 7. The quantitative estimate of drug-likeness (QED) is 0.800. The summed E-state index contributed by atoms with van der Waals surface area (Å²) in [6, 6.07) is 15.5. The summed E-state index contributed by atoms with van der Waals surface area (Å²) in [6.45, 7) is 3.57. The minimum absolute atomic E-state index is 0.0278. The number of aryl methyl sites for hydroxylation is 1. The molecule has 0 aromatic heterocycles. The van der Waals surface area contributed by atoms with E-state index in [1.54, 1.807) is 0 Å². The lowest BCUT2D eigenvalue weighted by atomic mass is 10.2. The second kappa shape index (κ2) is 8.70. The van der Waals surface area contributed by atoms with Gasteiger partial charge in [-0.1, -0.05) is 33.6 Å². The van der Waals surface area contributed by atoms with Crippen molar-refractivity contribution < 1.29 is 9.53 Å². The molecule has 2 aromatic carbocycles. The van der Waals surface area contributed by atoms with E-state index in [0.717, 1.165) is 15.9 Å². The fraction of sp³-hybridized carbons (Fsp3) is 0.278. The monoisotopic (exact) mass is 376 g/mol. The van der Waals surface area contributed by atoms with E-state index in [9.17, 15) is 4.79 Å². The van der Waals surface area contributed by atoms with E-state index in [0.29, 0.717) is 19.7 Å². The molecule has 23 heavy (non-hydrogen) atoms. The predicted molar refractivity (Wildman–Crippen MR) is 96.9 cm³/mol. The van der Waals surface area contributed by atoms with E-state index >= 15 is 0 Å². The standard InChI is InChI=1S/C18H21BrN2O2/c1-14-3-7-16(8-4-14)20-18(22)13-21(2)11-12-23-17-9-5-15(19)6-10-17/h3-10H,11-13H2,1-2H3,(H,20,22). The summed E-state index contributed by atoms with van der Waals surface area (Å²) < 4.78 is 6.67. The highest BCUT2D eigenvalue weighted by atomic mass is 79.9. The molecule has 0 spiro atoms. The minimum atomic E-state index is -0.0278. The van der Waals surface area contributed by atoms with E-state index in [1.165, 1.54) is 5.56 Å². The number of likely N-dealkylation sites (N-methyl/N-ethyl adjacent to an activating group) is 1. The Morgan fingerprint density at radius 3 is 2.43 bits per heavy atom. The van der Waals surface area contributed by atoms with E-state index < -0.39 is 0 Å². The summed E-state index contributed by atoms with van der Waals surface area (Å²) >= 11 is 3.39. The Hall–Kier alpha value is -1.85. The molecule has 0 aliphatic rings. The van der Waals surface area contributed by atoms with E-state index in [1.807, 2.05) is 67.4 Å². The van der Waals surface area contributed by atoms with Gasteiger partial charge in [-0.25, -0.2) is 0 Å². The zero-order valence-corrected chi connectivity index (χ0v) is 15.0. The molecule has 122 valence electrons. The highest BCUT2D eigenvalue weighted by Gasteiger charge is 2.07. The van der Waals surface area contributed by atoms with Gasteiger partial charge in [-0.3, -0.25) is 9.69 Å². The average Bonchev–Trinajstić information content (AvgIpc) is 2.51. The summed E-state index contributed by atoms with van der Waals surface area (Å²) in [5.41, 5.74) is 1.99. The van der Waals surface area contributed by atoms with Crippen molar-refractivity contribution in [2.45, 2.75) is 6.92 Å². The lowest BCUT2D eigenvalue weighted by Crippen LogP contribution is -2.33. The molecular weight excluding hydrogens is 356 g/mol. The number of hydrogen-bond acceptors (Lipinski definition) is 3. The smallest absolute Gasteiger partial charge is 0.238 e. The Bertz CT molecular complexity index is 626. The fourth-order valence-corrected chi connectivity index (χ4v) is 2.28. The molecule has 1 N–H and O–H groups in total. The Balaban J connectivity index is 1.69. The minimum Gasteiger partial charge on any atom is -0.492 e. The summed E-state index contributed by atoms with van der Waals surface area (Å²) in [5, 5.41) is 2.89. The second-order valence-corrected chi connectivity index (χ2v) is 6.37. The predicted octanol–water partition coefficient (Wildman–Crippen LogP) is 3.71. The number of benzene rings is 2. The second-order valence-electron chi connectivity index (χ2n) is 5.45. The topological polar surface area (TPSA) is 41.6 Å². The summed E-state index contributed by atoms with van der Waals surface area (Å²) in [4.78, 5) is 13.9. The zero-order chi connectivity index (χ0) is 16.7. The molecule has 0 radical (unpaired) electrons. The highest BCUT2D eigenvalue weighted by molar-refractivity contribution is 9.10. The number of hydrogen-bond donors (Lipinski definition) is 1. The zero-order valence-electron chi connectivity index (χ0n) is 13.4. The van der Waals surface area contributed by atoms with Crippen LogP contribution in [0, 0.1) is 6.92 Å². The molecule has 0 unspecified atom stereocenters. The maximum atomic E-state index is 12.0. The molecule has 0 heterocycles. The van der Waals surface area contributed by atoms with Crippen molar-refractivity contribution in [3.05, 3.63) is 58.6 Å². The summed E-state index contributed by atoms with van der Waals surface area (Å²) in [6.07, 6.45) is 0. The number of anilines is 1. The van der Waals surface area contributed by atoms with Crippen molar-refractivity contribution in [3.8, 4) is 5.75 Å². The van der Waals surface area contributed by atoms with Crippen LogP contribution in [-0.2, 0) is 4.79 Å². The fourth-order valence-electron chi connectivity index (χ4n) is 2.01. The largest absolute Gasteiger partial charge is 0.492 e. The van der Waals surface area contributed by atoms with Crippen LogP contribution in [0.2, 0.25) is 0 Å². The molecule has 1 amide bonds. The van der Waals surface area contributed by atoms with Crippen molar-refractivity contribution in [2.24, 2.45) is 0 Å². The van der Waals surface area contributed by atoms with Crippen LogP contribution < -0.4 is 10.1 Å². The highest BCUT2D eigenvalue weighted by Crippen LogP contribution is 2.15. The molecule has 0 aliphatic carbocycles. The molecule has 4 nitrogen and oxygen atoms in total. The molecule has 0 bridgehead atoms. The molecular formula is C18H21BrN2O2. The normalized spacial score (nSPS) is 10.6. The van der Waals surface area contributed by atoms with Gasteiger partial charge in [0.25, 0.3) is 0 Å². The van der Waals surface area contributed by atoms with Gasteiger partial charge in [0, 0.05) is 16.7 Å². The number of carbonyl (C=O) groups excluding carboxylic acids is 1. The van der Waals surface area contributed by atoms with Crippen LogP contribution in [0.1, 0.15) is 5.56 Å². The summed E-state index contributed by atoms with van der Waals surface area (Å²) in [7, 11) is 1.90. The molecule has 5 heteroatoms. The molecule has 0 saturated carbocycles. The van der Waals surface area contributed by atoms with Gasteiger partial charge < -0.3 is 10.1 Å². The van der Waals surface area contributed by atoms with Crippen molar-refractivity contribution in [3.63, 3.8) is 0 Å². The van der Waals surface area contributed by atoms with Gasteiger partial charge in [0.1, 0.15) is 12.4 Å². The first-order chi connectivity index (χ1) is 11.0. The maximum absolute atomic E-state index is 12.0. The van der Waals surface area contributed by atoms with Gasteiger partial charge in [-0.2, -0.15) is 0 Å². The number of amides is 1. The molecule has 0 fully saturated rings. The van der Waals surface area contributed by atoms with Crippen LogP contribution >= 0.6 is 15.9 Å². The lowest BCUT2D eigenvalue weighted by molar-refractivity contribution is -0.117. The molecule has 2 rings (SSSR count). The van der Waals surface area contributed by atoms with Gasteiger partial charge in [-0.05, 0) is 50.4 Å².